The maximum atomic E-state index is 12.1. The van der Waals surface area contributed by atoms with Crippen LogP contribution in [0.4, 0.5) is 4.79 Å². The van der Waals surface area contributed by atoms with E-state index in [1.165, 1.54) is 7.11 Å². The molecule has 0 spiro atoms. The third-order valence-electron chi connectivity index (χ3n) is 5.15. The number of nitrogens with zero attached hydrogens (tertiary/aromatic N) is 1. The van der Waals surface area contributed by atoms with Crippen molar-refractivity contribution in [3.8, 4) is 5.75 Å². The van der Waals surface area contributed by atoms with Crippen LogP contribution in [0.15, 0.2) is 30.3 Å². The standard InChI is InChI=1S/C19H28N2O6S/c1-25-19(22)21-10-6-9-17(20-28(2,23)24)18(21)13-26-15-11-16(12-15)27-14-7-4-3-5-8-14/h3-5,7-8,15-18,20H,6,9-13H2,1-2H3/t15-,16-,17-,18-/m0/s1. The molecular weight excluding hydrogens is 384 g/mol. The Hall–Kier alpha value is -1.84. The maximum Gasteiger partial charge on any atom is 0.409 e. The van der Waals surface area contributed by atoms with E-state index in [1.807, 2.05) is 30.3 Å². The highest BCUT2D eigenvalue weighted by atomic mass is 32.2. The molecule has 9 heteroatoms. The lowest BCUT2D eigenvalue weighted by atomic mass is 9.91. The summed E-state index contributed by atoms with van der Waals surface area (Å²) in [6.07, 6.45) is 3.70. The Labute approximate surface area is 166 Å². The Morgan fingerprint density at radius 2 is 1.93 bits per heavy atom. The van der Waals surface area contributed by atoms with Crippen LogP contribution in [0.3, 0.4) is 0 Å². The minimum Gasteiger partial charge on any atom is -0.490 e. The zero-order chi connectivity index (χ0) is 20.1. The second kappa shape index (κ2) is 9.11. The summed E-state index contributed by atoms with van der Waals surface area (Å²) in [4.78, 5) is 13.7. The van der Waals surface area contributed by atoms with Crippen LogP contribution < -0.4 is 9.46 Å². The molecule has 2 atom stereocenters. The van der Waals surface area contributed by atoms with E-state index in [1.54, 1.807) is 4.90 Å². The van der Waals surface area contributed by atoms with E-state index in [0.29, 0.717) is 19.4 Å². The molecule has 0 unspecified atom stereocenters. The van der Waals surface area contributed by atoms with Gasteiger partial charge in [-0.05, 0) is 25.0 Å². The Morgan fingerprint density at radius 3 is 2.57 bits per heavy atom. The van der Waals surface area contributed by atoms with Gasteiger partial charge in [0.1, 0.15) is 11.9 Å². The quantitative estimate of drug-likeness (QED) is 0.733. The van der Waals surface area contributed by atoms with Crippen LogP contribution in [0, 0.1) is 0 Å². The lowest BCUT2D eigenvalue weighted by Gasteiger charge is -2.42. The first kappa shape index (κ1) is 20.9. The molecule has 1 saturated heterocycles. The fraction of sp³-hybridized carbons (Fsp3) is 0.632. The van der Waals surface area contributed by atoms with Crippen molar-refractivity contribution in [2.24, 2.45) is 0 Å². The molecule has 1 aromatic carbocycles. The highest BCUT2D eigenvalue weighted by Gasteiger charge is 2.39. The average Bonchev–Trinajstić information content (AvgIpc) is 2.63. The number of hydrogen-bond acceptors (Lipinski definition) is 6. The van der Waals surface area contributed by atoms with Crippen LogP contribution in [-0.4, -0.2) is 70.2 Å². The number of likely N-dealkylation sites (tertiary alicyclic amines) is 1. The van der Waals surface area contributed by atoms with Crippen LogP contribution in [0.25, 0.3) is 0 Å². The monoisotopic (exact) mass is 412 g/mol. The van der Waals surface area contributed by atoms with Crippen molar-refractivity contribution in [2.45, 2.75) is 50.0 Å². The molecule has 2 aliphatic rings. The molecule has 1 aliphatic heterocycles. The van der Waals surface area contributed by atoms with Gasteiger partial charge in [0, 0.05) is 25.4 Å². The molecule has 1 aliphatic carbocycles. The topological polar surface area (TPSA) is 94.2 Å². The summed E-state index contributed by atoms with van der Waals surface area (Å²) < 4.78 is 42.8. The normalized spacial score (nSPS) is 27.7. The lowest BCUT2D eigenvalue weighted by Crippen LogP contribution is -2.59. The zero-order valence-corrected chi connectivity index (χ0v) is 17.1. The van der Waals surface area contributed by atoms with E-state index in [9.17, 15) is 13.2 Å². The molecule has 1 N–H and O–H groups in total. The number of sulfonamides is 1. The van der Waals surface area contributed by atoms with Crippen LogP contribution in [0.1, 0.15) is 25.7 Å². The summed E-state index contributed by atoms with van der Waals surface area (Å²) in [7, 11) is -2.07. The van der Waals surface area contributed by atoms with Crippen LogP contribution in [-0.2, 0) is 19.5 Å². The van der Waals surface area contributed by atoms with Gasteiger partial charge in [-0.25, -0.2) is 17.9 Å². The van der Waals surface area contributed by atoms with Crippen molar-refractivity contribution in [3.05, 3.63) is 30.3 Å². The Morgan fingerprint density at radius 1 is 1.21 bits per heavy atom. The van der Waals surface area contributed by atoms with Crippen molar-refractivity contribution >= 4 is 16.1 Å². The Balaban J connectivity index is 1.54. The molecular formula is C19H28N2O6S. The fourth-order valence-electron chi connectivity index (χ4n) is 3.70. The van der Waals surface area contributed by atoms with Gasteiger partial charge in [0.25, 0.3) is 0 Å². The second-order valence-electron chi connectivity index (χ2n) is 7.35. The molecule has 2 fully saturated rings. The molecule has 1 heterocycles. The van der Waals surface area contributed by atoms with Crippen molar-refractivity contribution in [2.75, 3.05) is 26.5 Å². The molecule has 0 bridgehead atoms. The number of methoxy groups -OCH3 is 1. The smallest absolute Gasteiger partial charge is 0.409 e. The number of nitrogens with one attached hydrogen (secondary N) is 1. The first-order valence-electron chi connectivity index (χ1n) is 9.51. The van der Waals surface area contributed by atoms with Crippen molar-refractivity contribution in [3.63, 3.8) is 0 Å². The largest absolute Gasteiger partial charge is 0.490 e. The molecule has 0 aromatic heterocycles. The summed E-state index contributed by atoms with van der Waals surface area (Å²) in [6, 6.07) is 8.86. The maximum absolute atomic E-state index is 12.1. The molecule has 28 heavy (non-hydrogen) atoms. The number of para-hydroxylation sites is 1. The van der Waals surface area contributed by atoms with Gasteiger partial charge in [-0.15, -0.1) is 0 Å². The predicted octanol–water partition coefficient (Wildman–Crippen LogP) is 1.76. The molecule has 156 valence electrons. The first-order chi connectivity index (χ1) is 13.4. The van der Waals surface area contributed by atoms with Crippen molar-refractivity contribution in [1.82, 2.24) is 9.62 Å². The second-order valence-corrected chi connectivity index (χ2v) is 9.13. The highest BCUT2D eigenvalue weighted by molar-refractivity contribution is 7.88. The van der Waals surface area contributed by atoms with Crippen LogP contribution in [0.5, 0.6) is 5.75 Å². The zero-order valence-electron chi connectivity index (χ0n) is 16.2. The number of amides is 1. The number of piperidine rings is 1. The molecule has 1 amide bonds. The predicted molar refractivity (Wildman–Crippen MR) is 104 cm³/mol. The van der Waals surface area contributed by atoms with E-state index >= 15 is 0 Å². The van der Waals surface area contributed by atoms with Gasteiger partial charge in [-0.1, -0.05) is 18.2 Å². The summed E-state index contributed by atoms with van der Waals surface area (Å²) in [5, 5.41) is 0. The molecule has 8 nitrogen and oxygen atoms in total. The Kier molecular flexibility index (Phi) is 6.79. The summed E-state index contributed by atoms with van der Waals surface area (Å²) in [5.74, 6) is 0.840. The van der Waals surface area contributed by atoms with Gasteiger partial charge in [-0.3, -0.25) is 0 Å². The van der Waals surface area contributed by atoms with Crippen molar-refractivity contribution in [1.29, 1.82) is 0 Å². The van der Waals surface area contributed by atoms with Crippen LogP contribution in [0.2, 0.25) is 0 Å². The van der Waals surface area contributed by atoms with Crippen molar-refractivity contribution < 1.29 is 27.4 Å². The highest BCUT2D eigenvalue weighted by Crippen LogP contribution is 2.29. The molecule has 0 radical (unpaired) electrons. The minimum atomic E-state index is -3.39. The SMILES string of the molecule is COC(=O)N1CCC[C@H](NS(C)(=O)=O)[C@@H]1CO[C@H]1C[C@H](Oc2ccccc2)C1. The van der Waals surface area contributed by atoms with Gasteiger partial charge >= 0.3 is 6.09 Å². The number of carbonyl (C=O) groups excluding carboxylic acids is 1. The third-order valence-corrected chi connectivity index (χ3v) is 5.88. The molecule has 1 aromatic rings. The Bertz CT molecular complexity index is 751. The average molecular weight is 413 g/mol. The third kappa shape index (κ3) is 5.59. The van der Waals surface area contributed by atoms with E-state index in [4.69, 9.17) is 14.2 Å². The van der Waals surface area contributed by atoms with E-state index in [2.05, 4.69) is 4.72 Å². The van der Waals surface area contributed by atoms with Gasteiger partial charge in [0.05, 0.1) is 32.1 Å². The number of rotatable bonds is 7. The fourth-order valence-corrected chi connectivity index (χ4v) is 4.52. The first-order valence-corrected chi connectivity index (χ1v) is 11.4. The van der Waals surface area contributed by atoms with E-state index < -0.39 is 22.2 Å². The van der Waals surface area contributed by atoms with Gasteiger partial charge in [0.15, 0.2) is 0 Å². The number of hydrogen-bond donors (Lipinski definition) is 1. The van der Waals surface area contributed by atoms with Gasteiger partial charge in [-0.2, -0.15) is 0 Å². The summed E-state index contributed by atoms with van der Waals surface area (Å²) in [5.41, 5.74) is 0. The van der Waals surface area contributed by atoms with Gasteiger partial charge in [0.2, 0.25) is 10.0 Å². The lowest BCUT2D eigenvalue weighted by molar-refractivity contribution is -0.0814. The van der Waals surface area contributed by atoms with E-state index in [-0.39, 0.29) is 24.9 Å². The minimum absolute atomic E-state index is 0.0361. The van der Waals surface area contributed by atoms with Crippen LogP contribution >= 0.6 is 0 Å². The number of ether oxygens (including phenoxy) is 3. The summed E-state index contributed by atoms with van der Waals surface area (Å²) in [6.45, 7) is 0.776. The molecule has 3 rings (SSSR count). The number of carbonyl (C=O) groups is 1. The van der Waals surface area contributed by atoms with E-state index in [0.717, 1.165) is 24.8 Å². The molecule has 1 saturated carbocycles. The number of benzene rings is 1. The summed E-state index contributed by atoms with van der Waals surface area (Å²) >= 11 is 0. The van der Waals surface area contributed by atoms with Gasteiger partial charge < -0.3 is 19.1 Å².